The molecule has 0 spiro atoms. The Hall–Kier alpha value is -5.49. The van der Waals surface area contributed by atoms with E-state index in [9.17, 15) is 4.79 Å². The van der Waals surface area contributed by atoms with Crippen LogP contribution in [0.3, 0.4) is 0 Å². The molecule has 0 N–H and O–H groups in total. The molecule has 200 valence electrons. The summed E-state index contributed by atoms with van der Waals surface area (Å²) in [5.74, 6) is 0.565. The van der Waals surface area contributed by atoms with Crippen LogP contribution in [0.5, 0.6) is 5.75 Å². The fourth-order valence-electron chi connectivity index (χ4n) is 4.82. The Bertz CT molecular complexity index is 1770. The average Bonchev–Trinajstić information content (AvgIpc) is 3.58. The lowest BCUT2D eigenvalue weighted by Crippen LogP contribution is -2.21. The second kappa shape index (κ2) is 11.3. The van der Waals surface area contributed by atoms with Crippen molar-refractivity contribution in [3.05, 3.63) is 150 Å². The summed E-state index contributed by atoms with van der Waals surface area (Å²) in [6.45, 7) is 6.19. The first-order chi connectivity index (χ1) is 20.1. The van der Waals surface area contributed by atoms with Gasteiger partial charge in [-0.25, -0.2) is 4.68 Å². The van der Waals surface area contributed by atoms with Crippen molar-refractivity contribution in [3.63, 3.8) is 0 Å². The highest BCUT2D eigenvalue weighted by Gasteiger charge is 2.32. The number of para-hydroxylation sites is 2. The zero-order valence-electron chi connectivity index (χ0n) is 22.6. The Labute approximate surface area is 239 Å². The maximum absolute atomic E-state index is 13.9. The molecule has 5 aromatic rings. The van der Waals surface area contributed by atoms with Gasteiger partial charge < -0.3 is 4.74 Å². The summed E-state index contributed by atoms with van der Waals surface area (Å²) < 4.78 is 7.59. The molecule has 0 saturated carbocycles. The van der Waals surface area contributed by atoms with Crippen LogP contribution in [0.25, 0.3) is 23.0 Å². The first-order valence-corrected chi connectivity index (χ1v) is 13.4. The molecule has 0 bridgehead atoms. The van der Waals surface area contributed by atoms with Gasteiger partial charge in [0, 0.05) is 22.9 Å². The Morgan fingerprint density at radius 2 is 1.51 bits per heavy atom. The molecule has 6 heteroatoms. The quantitative estimate of drug-likeness (QED) is 0.155. The van der Waals surface area contributed by atoms with E-state index in [4.69, 9.17) is 14.9 Å². The number of aryl methyl sites for hydroxylation is 1. The number of amides is 1. The number of hydrazone groups is 1. The monoisotopic (exact) mass is 536 g/mol. The van der Waals surface area contributed by atoms with Gasteiger partial charge in [-0.05, 0) is 61.0 Å². The lowest BCUT2D eigenvalue weighted by atomic mass is 9.97. The van der Waals surface area contributed by atoms with Gasteiger partial charge in [-0.3, -0.25) is 4.79 Å². The van der Waals surface area contributed by atoms with Crippen LogP contribution in [0, 0.1) is 6.92 Å². The lowest BCUT2D eigenvalue weighted by molar-refractivity contribution is -0.114. The molecule has 0 saturated heterocycles. The predicted octanol–water partition coefficient (Wildman–Crippen LogP) is 7.25. The summed E-state index contributed by atoms with van der Waals surface area (Å²) in [6, 6.07) is 35.1. The maximum atomic E-state index is 13.9. The summed E-state index contributed by atoms with van der Waals surface area (Å²) in [4.78, 5) is 13.9. The van der Waals surface area contributed by atoms with Gasteiger partial charge in [0.15, 0.2) is 0 Å². The van der Waals surface area contributed by atoms with Crippen molar-refractivity contribution in [1.82, 2.24) is 9.78 Å². The zero-order valence-corrected chi connectivity index (χ0v) is 22.6. The molecule has 0 unspecified atom stereocenters. The topological polar surface area (TPSA) is 59.7 Å². The molecular weight excluding hydrogens is 508 g/mol. The molecule has 1 amide bonds. The predicted molar refractivity (Wildman–Crippen MR) is 164 cm³/mol. The first-order valence-electron chi connectivity index (χ1n) is 13.4. The van der Waals surface area contributed by atoms with E-state index in [1.807, 2.05) is 133 Å². The fourth-order valence-corrected chi connectivity index (χ4v) is 4.82. The smallest absolute Gasteiger partial charge is 0.281 e. The van der Waals surface area contributed by atoms with Gasteiger partial charge in [0.1, 0.15) is 23.8 Å². The van der Waals surface area contributed by atoms with Gasteiger partial charge >= 0.3 is 0 Å². The highest BCUT2D eigenvalue weighted by Crippen LogP contribution is 2.33. The second-order valence-corrected chi connectivity index (χ2v) is 9.61. The van der Waals surface area contributed by atoms with Gasteiger partial charge in [-0.15, -0.1) is 0 Å². The number of anilines is 1. The third-order valence-electron chi connectivity index (χ3n) is 6.81. The molecular formula is C35H28N4O2. The minimum Gasteiger partial charge on any atom is -0.490 e. The molecule has 1 aliphatic rings. The highest BCUT2D eigenvalue weighted by molar-refractivity contribution is 6.37. The van der Waals surface area contributed by atoms with Crippen LogP contribution in [0.1, 0.15) is 16.7 Å². The van der Waals surface area contributed by atoms with Crippen molar-refractivity contribution in [1.29, 1.82) is 0 Å². The third-order valence-corrected chi connectivity index (χ3v) is 6.81. The maximum Gasteiger partial charge on any atom is 0.281 e. The first kappa shape index (κ1) is 25.8. The van der Waals surface area contributed by atoms with Crippen LogP contribution in [0.15, 0.2) is 139 Å². The van der Waals surface area contributed by atoms with Crippen molar-refractivity contribution in [2.45, 2.75) is 6.92 Å². The van der Waals surface area contributed by atoms with Crippen LogP contribution in [-0.4, -0.2) is 28.0 Å². The number of aromatic nitrogens is 2. The van der Waals surface area contributed by atoms with E-state index in [1.54, 1.807) is 6.08 Å². The number of rotatable bonds is 8. The van der Waals surface area contributed by atoms with E-state index >= 15 is 0 Å². The zero-order chi connectivity index (χ0) is 28.2. The van der Waals surface area contributed by atoms with E-state index in [-0.39, 0.29) is 5.91 Å². The summed E-state index contributed by atoms with van der Waals surface area (Å²) in [5, 5.41) is 11.3. The van der Waals surface area contributed by atoms with Crippen molar-refractivity contribution in [3.8, 4) is 22.7 Å². The largest absolute Gasteiger partial charge is 0.490 e. The molecule has 6 nitrogen and oxygen atoms in total. The number of carbonyl (C=O) groups is 1. The van der Waals surface area contributed by atoms with Crippen molar-refractivity contribution >= 4 is 23.4 Å². The molecule has 0 radical (unpaired) electrons. The molecule has 6 rings (SSSR count). The van der Waals surface area contributed by atoms with E-state index in [1.165, 1.54) is 5.01 Å². The molecule has 2 heterocycles. The van der Waals surface area contributed by atoms with Crippen LogP contribution < -0.4 is 9.75 Å². The van der Waals surface area contributed by atoms with Crippen LogP contribution in [0.2, 0.25) is 0 Å². The Balaban J connectivity index is 1.51. The Morgan fingerprint density at radius 1 is 0.854 bits per heavy atom. The molecule has 0 atom stereocenters. The SMILES string of the molecule is C=CCOc1ccc(-c2nn(-c3ccccc3)cc2C=C2C(=O)N(c3ccccc3)N=C2c2ccccc2)c(C)c1. The molecule has 41 heavy (non-hydrogen) atoms. The average molecular weight is 537 g/mol. The van der Waals surface area contributed by atoms with Crippen molar-refractivity contribution in [2.24, 2.45) is 5.10 Å². The summed E-state index contributed by atoms with van der Waals surface area (Å²) in [5.41, 5.74) is 7.11. The van der Waals surface area contributed by atoms with E-state index in [2.05, 4.69) is 6.58 Å². The van der Waals surface area contributed by atoms with Gasteiger partial charge in [-0.1, -0.05) is 79.4 Å². The number of benzene rings is 4. The van der Waals surface area contributed by atoms with Gasteiger partial charge in [-0.2, -0.15) is 15.2 Å². The number of ether oxygens (including phenoxy) is 1. The minimum absolute atomic E-state index is 0.196. The lowest BCUT2D eigenvalue weighted by Gasteiger charge is -2.11. The van der Waals surface area contributed by atoms with Gasteiger partial charge in [0.05, 0.1) is 16.9 Å². The summed E-state index contributed by atoms with van der Waals surface area (Å²) >= 11 is 0. The number of hydrogen-bond acceptors (Lipinski definition) is 4. The molecule has 0 aliphatic carbocycles. The second-order valence-electron chi connectivity index (χ2n) is 9.61. The van der Waals surface area contributed by atoms with Crippen LogP contribution in [0.4, 0.5) is 5.69 Å². The number of carbonyl (C=O) groups excluding carboxylic acids is 1. The highest BCUT2D eigenvalue weighted by atomic mass is 16.5. The van der Waals surface area contributed by atoms with E-state index in [0.29, 0.717) is 23.6 Å². The van der Waals surface area contributed by atoms with Gasteiger partial charge in [0.25, 0.3) is 5.91 Å². The van der Waals surface area contributed by atoms with Crippen molar-refractivity contribution in [2.75, 3.05) is 11.6 Å². The molecule has 0 fully saturated rings. The third kappa shape index (κ3) is 5.23. The normalized spacial score (nSPS) is 13.9. The Kier molecular flexibility index (Phi) is 7.11. The van der Waals surface area contributed by atoms with Crippen molar-refractivity contribution < 1.29 is 9.53 Å². The fraction of sp³-hybridized carbons (Fsp3) is 0.0571. The molecule has 1 aliphatic heterocycles. The van der Waals surface area contributed by atoms with E-state index < -0.39 is 0 Å². The minimum atomic E-state index is -0.196. The Morgan fingerprint density at radius 3 is 2.17 bits per heavy atom. The number of nitrogens with zero attached hydrogens (tertiary/aromatic N) is 4. The summed E-state index contributed by atoms with van der Waals surface area (Å²) in [7, 11) is 0. The standard InChI is InChI=1S/C35H28N4O2/c1-3-21-41-30-19-20-31(25(2)22-30)34-27(24-38(36-34)28-15-9-5-10-16-28)23-32-33(26-13-7-4-8-14-26)37-39(35(32)40)29-17-11-6-12-18-29/h3-20,22-24H,1,21H2,2H3. The number of hydrogen-bond donors (Lipinski definition) is 0. The molecule has 1 aromatic heterocycles. The van der Waals surface area contributed by atoms with Crippen LogP contribution >= 0.6 is 0 Å². The summed E-state index contributed by atoms with van der Waals surface area (Å²) in [6.07, 6.45) is 5.58. The van der Waals surface area contributed by atoms with Gasteiger partial charge in [0.2, 0.25) is 0 Å². The molecule has 4 aromatic carbocycles. The van der Waals surface area contributed by atoms with Crippen LogP contribution in [-0.2, 0) is 4.79 Å². The van der Waals surface area contributed by atoms with E-state index in [0.717, 1.165) is 39.4 Å².